The molecule has 0 bridgehead atoms. The maximum Gasteiger partial charge on any atom is 0.0486 e. The summed E-state index contributed by atoms with van der Waals surface area (Å²) in [6.45, 7) is 25.3. The number of allylic oxidation sites excluding steroid dienone is 3. The molecule has 1 rings (SSSR count). The molecule has 140 valence electrons. The van der Waals surface area contributed by atoms with Gasteiger partial charge in [-0.3, -0.25) is 0 Å². The van der Waals surface area contributed by atoms with Crippen LogP contribution in [0, 0.1) is 5.41 Å². The van der Waals surface area contributed by atoms with E-state index < -0.39 is 0 Å². The van der Waals surface area contributed by atoms with Crippen molar-refractivity contribution in [2.24, 2.45) is 5.41 Å². The quantitative estimate of drug-likeness (QED) is 0.302. The average molecular weight is 360 g/mol. The Morgan fingerprint density at radius 3 is 2.28 bits per heavy atom. The van der Waals surface area contributed by atoms with Crippen LogP contribution < -0.4 is 5.32 Å². The van der Waals surface area contributed by atoms with Gasteiger partial charge in [-0.25, -0.2) is 0 Å². The molecule has 0 aliphatic heterocycles. The number of benzene rings is 1. The summed E-state index contributed by atoms with van der Waals surface area (Å²) in [6.07, 6.45) is 4.08. The van der Waals surface area contributed by atoms with Gasteiger partial charge in [0.2, 0.25) is 0 Å². The van der Waals surface area contributed by atoms with Crippen molar-refractivity contribution in [2.75, 3.05) is 11.1 Å². The molecular weight excluding hydrogens is 322 g/mol. The standard InChI is InChI=1S/C21H31NS.C2H6/c1-9-16(5)18-12-11-13-19(22-15(3)4)20(18)23-14-17(10-2)21(6,7)8;1-2/h9-13,15,22H,1,5,14H2,2-4,6-8H3;1-2H3/b17-10+;. The molecule has 0 atom stereocenters. The highest BCUT2D eigenvalue weighted by molar-refractivity contribution is 7.99. The van der Waals surface area contributed by atoms with E-state index in [0.29, 0.717) is 6.04 Å². The first-order valence-electron chi connectivity index (χ1n) is 9.20. The molecule has 0 unspecified atom stereocenters. The minimum Gasteiger partial charge on any atom is -0.382 e. The molecule has 0 aliphatic rings. The highest BCUT2D eigenvalue weighted by atomic mass is 32.2. The molecule has 0 amide bonds. The zero-order valence-electron chi connectivity index (χ0n) is 17.5. The van der Waals surface area contributed by atoms with Crippen LogP contribution >= 0.6 is 11.8 Å². The normalized spacial score (nSPS) is 11.6. The number of nitrogens with one attached hydrogen (secondary N) is 1. The van der Waals surface area contributed by atoms with Crippen LogP contribution in [0.25, 0.3) is 5.57 Å². The first-order valence-corrected chi connectivity index (χ1v) is 10.2. The molecule has 2 heteroatoms. The molecule has 0 heterocycles. The summed E-state index contributed by atoms with van der Waals surface area (Å²) in [5.41, 5.74) is 4.96. The van der Waals surface area contributed by atoms with Gasteiger partial charge in [0.15, 0.2) is 0 Å². The summed E-state index contributed by atoms with van der Waals surface area (Å²) in [5.74, 6) is 0.980. The van der Waals surface area contributed by atoms with Crippen molar-refractivity contribution >= 4 is 23.0 Å². The molecule has 0 fully saturated rings. The van der Waals surface area contributed by atoms with Crippen LogP contribution in [0.1, 0.15) is 61.0 Å². The van der Waals surface area contributed by atoms with Crippen LogP contribution in [0.3, 0.4) is 0 Å². The van der Waals surface area contributed by atoms with Crippen molar-refractivity contribution in [3.05, 3.63) is 54.6 Å². The molecule has 25 heavy (non-hydrogen) atoms. The van der Waals surface area contributed by atoms with Crippen LogP contribution in [0.2, 0.25) is 0 Å². The van der Waals surface area contributed by atoms with Crippen LogP contribution in [-0.2, 0) is 0 Å². The molecule has 0 aromatic heterocycles. The maximum atomic E-state index is 4.15. The number of thioether (sulfide) groups is 1. The van der Waals surface area contributed by atoms with E-state index in [0.717, 1.165) is 11.3 Å². The predicted molar refractivity (Wildman–Crippen MR) is 120 cm³/mol. The summed E-state index contributed by atoms with van der Waals surface area (Å²) in [6, 6.07) is 6.75. The molecule has 0 spiro atoms. The fourth-order valence-electron chi connectivity index (χ4n) is 2.36. The number of hydrogen-bond acceptors (Lipinski definition) is 2. The van der Waals surface area contributed by atoms with Gasteiger partial charge in [0, 0.05) is 22.4 Å². The van der Waals surface area contributed by atoms with Gasteiger partial charge in [-0.2, -0.15) is 0 Å². The average Bonchev–Trinajstić information content (AvgIpc) is 2.55. The fraction of sp³-hybridized carbons (Fsp3) is 0.478. The molecule has 1 aromatic carbocycles. The smallest absolute Gasteiger partial charge is 0.0486 e. The van der Waals surface area contributed by atoms with E-state index in [9.17, 15) is 0 Å². The van der Waals surface area contributed by atoms with Crippen molar-refractivity contribution in [1.29, 1.82) is 0 Å². The zero-order valence-corrected chi connectivity index (χ0v) is 18.3. The van der Waals surface area contributed by atoms with Crippen LogP contribution in [0.5, 0.6) is 0 Å². The Labute approximate surface area is 160 Å². The second-order valence-electron chi connectivity index (χ2n) is 7.06. The van der Waals surface area contributed by atoms with Crippen molar-refractivity contribution in [2.45, 2.75) is 66.3 Å². The van der Waals surface area contributed by atoms with Gasteiger partial charge < -0.3 is 5.32 Å². The number of anilines is 1. The Morgan fingerprint density at radius 1 is 1.24 bits per heavy atom. The second kappa shape index (κ2) is 11.3. The van der Waals surface area contributed by atoms with Crippen LogP contribution in [-0.4, -0.2) is 11.8 Å². The lowest BCUT2D eigenvalue weighted by Gasteiger charge is -2.24. The summed E-state index contributed by atoms with van der Waals surface area (Å²) >= 11 is 1.88. The summed E-state index contributed by atoms with van der Waals surface area (Å²) in [5, 5.41) is 3.56. The van der Waals surface area contributed by atoms with E-state index in [1.165, 1.54) is 21.7 Å². The topological polar surface area (TPSA) is 12.0 Å². The van der Waals surface area contributed by atoms with Crippen molar-refractivity contribution in [1.82, 2.24) is 0 Å². The van der Waals surface area contributed by atoms with Crippen LogP contribution in [0.4, 0.5) is 5.69 Å². The van der Waals surface area contributed by atoms with Gasteiger partial charge in [-0.1, -0.05) is 77.6 Å². The minimum atomic E-state index is 0.192. The van der Waals surface area contributed by atoms with Gasteiger partial charge in [-0.15, -0.1) is 11.8 Å². The molecule has 0 saturated heterocycles. The SMILES string of the molecule is C=CC(=C)c1cccc(NC(C)C)c1SC/C(=C\C)C(C)(C)C.CC. The number of hydrogen-bond donors (Lipinski definition) is 1. The highest BCUT2D eigenvalue weighted by Gasteiger charge is 2.18. The largest absolute Gasteiger partial charge is 0.382 e. The number of rotatable bonds is 7. The third-order valence-electron chi connectivity index (χ3n) is 3.74. The van der Waals surface area contributed by atoms with Crippen molar-refractivity contribution in [3.63, 3.8) is 0 Å². The Bertz CT molecular complexity index is 589. The second-order valence-corrected chi connectivity index (χ2v) is 8.05. The van der Waals surface area contributed by atoms with Gasteiger partial charge in [-0.05, 0) is 43.4 Å². The van der Waals surface area contributed by atoms with Crippen molar-refractivity contribution < 1.29 is 0 Å². The molecule has 1 N–H and O–H groups in total. The zero-order chi connectivity index (χ0) is 19.6. The monoisotopic (exact) mass is 359 g/mol. The molecule has 0 radical (unpaired) electrons. The first-order chi connectivity index (χ1) is 11.7. The Morgan fingerprint density at radius 2 is 1.84 bits per heavy atom. The predicted octanol–water partition coefficient (Wildman–Crippen LogP) is 7.82. The first kappa shape index (κ1) is 23.6. The minimum absolute atomic E-state index is 0.192. The Balaban J connectivity index is 0.00000277. The van der Waals surface area contributed by atoms with Gasteiger partial charge >= 0.3 is 0 Å². The van der Waals surface area contributed by atoms with Crippen molar-refractivity contribution in [3.8, 4) is 0 Å². The van der Waals surface area contributed by atoms with E-state index in [-0.39, 0.29) is 5.41 Å². The molecule has 0 saturated carbocycles. The van der Waals surface area contributed by atoms with E-state index >= 15 is 0 Å². The Hall–Kier alpha value is -1.41. The van der Waals surface area contributed by atoms with Crippen LogP contribution in [0.15, 0.2) is 54.0 Å². The van der Waals surface area contributed by atoms with Gasteiger partial charge in [0.25, 0.3) is 0 Å². The lowest BCUT2D eigenvalue weighted by molar-refractivity contribution is 0.505. The molecule has 1 aromatic rings. The lowest BCUT2D eigenvalue weighted by atomic mass is 9.87. The van der Waals surface area contributed by atoms with E-state index in [4.69, 9.17) is 0 Å². The Kier molecular flexibility index (Phi) is 10.6. The fourth-order valence-corrected chi connectivity index (χ4v) is 3.90. The molecular formula is C23H37NS. The summed E-state index contributed by atoms with van der Waals surface area (Å²) < 4.78 is 0. The summed E-state index contributed by atoms with van der Waals surface area (Å²) in [4.78, 5) is 1.26. The lowest BCUT2D eigenvalue weighted by Crippen LogP contribution is -2.13. The van der Waals surface area contributed by atoms with E-state index in [1.54, 1.807) is 0 Å². The molecule has 0 aliphatic carbocycles. The van der Waals surface area contributed by atoms with Gasteiger partial charge in [0.1, 0.15) is 0 Å². The molecule has 1 nitrogen and oxygen atoms in total. The third-order valence-corrected chi connectivity index (χ3v) is 4.92. The highest BCUT2D eigenvalue weighted by Crippen LogP contribution is 2.38. The maximum absolute atomic E-state index is 4.15. The van der Waals surface area contributed by atoms with Gasteiger partial charge in [0.05, 0.1) is 0 Å². The third kappa shape index (κ3) is 7.56. The summed E-state index contributed by atoms with van der Waals surface area (Å²) in [7, 11) is 0. The van der Waals surface area contributed by atoms with E-state index in [1.807, 2.05) is 31.7 Å². The van der Waals surface area contributed by atoms with E-state index in [2.05, 4.69) is 84.3 Å².